The highest BCUT2D eigenvalue weighted by Crippen LogP contribution is 2.20. The lowest BCUT2D eigenvalue weighted by Crippen LogP contribution is -2.43. The second-order valence-electron chi connectivity index (χ2n) is 7.51. The maximum atomic E-state index is 12.8. The fourth-order valence-electron chi connectivity index (χ4n) is 3.95. The maximum absolute atomic E-state index is 12.8. The molecule has 1 aliphatic heterocycles. The van der Waals surface area contributed by atoms with Crippen LogP contribution in [-0.4, -0.2) is 60.5 Å². The molecule has 1 unspecified atom stereocenters. The highest BCUT2D eigenvalue weighted by atomic mass is 16.5. The van der Waals surface area contributed by atoms with E-state index in [9.17, 15) is 4.79 Å². The summed E-state index contributed by atoms with van der Waals surface area (Å²) in [6.07, 6.45) is 4.70. The monoisotopic (exact) mass is 385 g/mol. The van der Waals surface area contributed by atoms with Crippen molar-refractivity contribution in [2.45, 2.75) is 33.1 Å². The van der Waals surface area contributed by atoms with Crippen molar-refractivity contribution >= 4 is 5.91 Å². The first-order valence-electron chi connectivity index (χ1n) is 10.1. The summed E-state index contributed by atoms with van der Waals surface area (Å²) in [7, 11) is 1.70. The molecule has 6 heteroatoms. The number of hydrogen-bond donors (Lipinski definition) is 0. The molecule has 0 bridgehead atoms. The largest absolute Gasteiger partial charge is 0.497 e. The van der Waals surface area contributed by atoms with E-state index in [0.717, 1.165) is 44.8 Å². The number of carbonyl (C=O) groups excluding carboxylic acids is 1. The van der Waals surface area contributed by atoms with Crippen LogP contribution in [0.15, 0.2) is 35.1 Å². The Balaban J connectivity index is 1.53. The van der Waals surface area contributed by atoms with Crippen molar-refractivity contribution in [3.63, 3.8) is 0 Å². The van der Waals surface area contributed by atoms with Gasteiger partial charge in [-0.05, 0) is 63.3 Å². The van der Waals surface area contributed by atoms with Crippen molar-refractivity contribution in [2.75, 3.05) is 39.8 Å². The van der Waals surface area contributed by atoms with Crippen LogP contribution in [0.5, 0.6) is 5.75 Å². The molecule has 0 spiro atoms. The van der Waals surface area contributed by atoms with E-state index in [1.54, 1.807) is 14.0 Å². The van der Waals surface area contributed by atoms with Gasteiger partial charge in [-0.15, -0.1) is 0 Å². The zero-order valence-corrected chi connectivity index (χ0v) is 17.2. The number of carbonyl (C=O) groups is 1. The number of benzene rings is 1. The minimum atomic E-state index is -0.0257. The van der Waals surface area contributed by atoms with E-state index in [1.165, 1.54) is 18.4 Å². The molecular weight excluding hydrogens is 354 g/mol. The van der Waals surface area contributed by atoms with Crippen molar-refractivity contribution < 1.29 is 13.9 Å². The zero-order valence-electron chi connectivity index (χ0n) is 17.2. The molecule has 3 rings (SSSR count). The molecule has 6 nitrogen and oxygen atoms in total. The Hall–Kier alpha value is -2.34. The lowest BCUT2D eigenvalue weighted by atomic mass is 9.96. The van der Waals surface area contributed by atoms with E-state index in [2.05, 4.69) is 22.0 Å². The molecule has 0 N–H and O–H groups in total. The number of aromatic nitrogens is 1. The van der Waals surface area contributed by atoms with E-state index < -0.39 is 0 Å². The topological polar surface area (TPSA) is 58.8 Å². The molecule has 1 atom stereocenters. The lowest BCUT2D eigenvalue weighted by molar-refractivity contribution is 0.0684. The van der Waals surface area contributed by atoms with Crippen LogP contribution in [0.2, 0.25) is 0 Å². The number of nitrogens with zero attached hydrogens (tertiary/aromatic N) is 3. The third-order valence-corrected chi connectivity index (χ3v) is 5.55. The third kappa shape index (κ3) is 5.13. The van der Waals surface area contributed by atoms with Gasteiger partial charge in [-0.3, -0.25) is 4.79 Å². The summed E-state index contributed by atoms with van der Waals surface area (Å²) in [5.41, 5.74) is 1.74. The van der Waals surface area contributed by atoms with Crippen LogP contribution < -0.4 is 4.74 Å². The van der Waals surface area contributed by atoms with Crippen molar-refractivity contribution in [3.05, 3.63) is 47.7 Å². The van der Waals surface area contributed by atoms with Crippen LogP contribution >= 0.6 is 0 Å². The van der Waals surface area contributed by atoms with E-state index in [4.69, 9.17) is 9.15 Å². The first kappa shape index (κ1) is 20.4. The summed E-state index contributed by atoms with van der Waals surface area (Å²) in [5.74, 6) is 1.97. The van der Waals surface area contributed by atoms with Crippen LogP contribution in [-0.2, 0) is 6.42 Å². The van der Waals surface area contributed by atoms with Gasteiger partial charge in [0, 0.05) is 26.2 Å². The predicted octanol–water partition coefficient (Wildman–Crippen LogP) is 3.41. The van der Waals surface area contributed by atoms with E-state index in [1.807, 2.05) is 24.0 Å². The van der Waals surface area contributed by atoms with E-state index in [-0.39, 0.29) is 5.91 Å². The second kappa shape index (κ2) is 9.73. The summed E-state index contributed by atoms with van der Waals surface area (Å²) in [5, 5.41) is 0. The molecule has 2 aromatic rings. The van der Waals surface area contributed by atoms with Crippen LogP contribution in [0, 0.1) is 12.8 Å². The predicted molar refractivity (Wildman–Crippen MR) is 109 cm³/mol. The number of amides is 1. The first-order valence-corrected chi connectivity index (χ1v) is 10.1. The Morgan fingerprint density at radius 1 is 1.43 bits per heavy atom. The summed E-state index contributed by atoms with van der Waals surface area (Å²) >= 11 is 0. The quantitative estimate of drug-likeness (QED) is 0.697. The number of piperidine rings is 1. The molecule has 1 saturated heterocycles. The Bertz CT molecular complexity index is 774. The van der Waals surface area contributed by atoms with Crippen LogP contribution in [0.3, 0.4) is 0 Å². The maximum Gasteiger partial charge on any atom is 0.276 e. The Morgan fingerprint density at radius 2 is 2.29 bits per heavy atom. The molecule has 0 aliphatic carbocycles. The molecular formula is C22H31N3O3. The average Bonchev–Trinajstić information content (AvgIpc) is 3.16. The minimum Gasteiger partial charge on any atom is -0.497 e. The van der Waals surface area contributed by atoms with Crippen molar-refractivity contribution in [1.82, 2.24) is 14.8 Å². The van der Waals surface area contributed by atoms with Gasteiger partial charge in [-0.25, -0.2) is 4.98 Å². The van der Waals surface area contributed by atoms with Crippen molar-refractivity contribution in [3.8, 4) is 5.75 Å². The second-order valence-corrected chi connectivity index (χ2v) is 7.51. The number of ether oxygens (including phenoxy) is 1. The van der Waals surface area contributed by atoms with Gasteiger partial charge in [-0.2, -0.15) is 0 Å². The number of rotatable bonds is 8. The molecule has 28 heavy (non-hydrogen) atoms. The van der Waals surface area contributed by atoms with E-state index >= 15 is 0 Å². The first-order chi connectivity index (χ1) is 13.6. The standard InChI is InChI=1S/C22H31N3O3/c1-4-25(22(26)21-17(2)28-16-23-21)15-19-8-6-11-24(14-19)12-10-18-7-5-9-20(13-18)27-3/h5,7,9,13,16,19H,4,6,8,10-12,14-15H2,1-3H3. The van der Waals surface area contributed by atoms with Crippen LogP contribution in [0.1, 0.15) is 41.6 Å². The molecule has 0 radical (unpaired) electrons. The molecule has 1 amide bonds. The van der Waals surface area contributed by atoms with Crippen molar-refractivity contribution in [2.24, 2.45) is 5.92 Å². The van der Waals surface area contributed by atoms with Gasteiger partial charge in [0.2, 0.25) is 0 Å². The number of aryl methyl sites for hydroxylation is 1. The zero-order chi connectivity index (χ0) is 19.9. The number of hydrogen-bond acceptors (Lipinski definition) is 5. The Kier molecular flexibility index (Phi) is 7.09. The fourth-order valence-corrected chi connectivity index (χ4v) is 3.95. The van der Waals surface area contributed by atoms with E-state index in [0.29, 0.717) is 23.9 Å². The molecule has 1 aromatic carbocycles. The minimum absolute atomic E-state index is 0.0257. The molecule has 1 fully saturated rings. The number of methoxy groups -OCH3 is 1. The molecule has 0 saturated carbocycles. The fraction of sp³-hybridized carbons (Fsp3) is 0.545. The summed E-state index contributed by atoms with van der Waals surface area (Å²) < 4.78 is 10.5. The van der Waals surface area contributed by atoms with Gasteiger partial charge >= 0.3 is 0 Å². The van der Waals surface area contributed by atoms with Crippen molar-refractivity contribution in [1.29, 1.82) is 0 Å². The van der Waals surface area contributed by atoms with Crippen LogP contribution in [0.25, 0.3) is 0 Å². The van der Waals surface area contributed by atoms with Gasteiger partial charge < -0.3 is 19.0 Å². The number of likely N-dealkylation sites (tertiary alicyclic amines) is 1. The van der Waals surface area contributed by atoms with Crippen LogP contribution in [0.4, 0.5) is 0 Å². The Morgan fingerprint density at radius 3 is 3.00 bits per heavy atom. The summed E-state index contributed by atoms with van der Waals surface area (Å²) in [6, 6.07) is 8.29. The summed E-state index contributed by atoms with van der Waals surface area (Å²) in [4.78, 5) is 21.3. The molecule has 1 aliphatic rings. The molecule has 1 aromatic heterocycles. The van der Waals surface area contributed by atoms with Gasteiger partial charge in [0.15, 0.2) is 12.1 Å². The molecule has 152 valence electrons. The SMILES string of the molecule is CCN(CC1CCCN(CCc2cccc(OC)c2)C1)C(=O)c1ncoc1C. The highest BCUT2D eigenvalue weighted by molar-refractivity contribution is 5.93. The van der Waals surface area contributed by atoms with Gasteiger partial charge in [0.25, 0.3) is 5.91 Å². The third-order valence-electron chi connectivity index (χ3n) is 5.55. The summed E-state index contributed by atoms with van der Waals surface area (Å²) in [6.45, 7) is 8.47. The van der Waals surface area contributed by atoms with Gasteiger partial charge in [0.1, 0.15) is 11.5 Å². The van der Waals surface area contributed by atoms with Gasteiger partial charge in [0.05, 0.1) is 7.11 Å². The average molecular weight is 386 g/mol. The normalized spacial score (nSPS) is 17.5. The molecule has 2 heterocycles. The lowest BCUT2D eigenvalue weighted by Gasteiger charge is -2.35. The smallest absolute Gasteiger partial charge is 0.276 e. The number of oxazole rings is 1. The Labute approximate surface area is 167 Å². The van der Waals surface area contributed by atoms with Gasteiger partial charge in [-0.1, -0.05) is 12.1 Å². The highest BCUT2D eigenvalue weighted by Gasteiger charge is 2.26.